The number of nitrogens with zero attached hydrogens (tertiary/aromatic N) is 4. The zero-order chi connectivity index (χ0) is 59.5. The SMILES string of the molecule is CO[C@H]1/C=C/O[C@@]2(C)OC3=[C-]C(=O)c4c(O)c(c(N5CCC(C(=O)NC6CCN(c7c(F)cc8c(=O)c(C(=O)O)cn(C9CC9)c8c7Cl)C6)CC5)c(O)c4=C3C2=O)=NC(=O)/C(C)=C\C=C\[C@H](C)[C@H](O)[C@@H](N)[C@@H](O)[C@@H](N)[C@H](OC(C)=O)[C@@H]1C.[H-].[Mg+2]. The Morgan fingerprint density at radius 2 is 1.65 bits per heavy atom. The number of amides is 2. The van der Waals surface area contributed by atoms with E-state index in [4.69, 9.17) is 42.0 Å². The molecule has 440 valence electrons. The van der Waals surface area contributed by atoms with Crippen LogP contribution in [0.2, 0.25) is 5.02 Å². The summed E-state index contributed by atoms with van der Waals surface area (Å²) < 4.78 is 40.7. The topological polar surface area (TPSA) is 345 Å². The van der Waals surface area contributed by atoms with Gasteiger partial charge in [-0.05, 0) is 62.3 Å². The van der Waals surface area contributed by atoms with Gasteiger partial charge in [0, 0.05) is 94.5 Å². The van der Waals surface area contributed by atoms with Crippen LogP contribution in [0.25, 0.3) is 16.5 Å². The van der Waals surface area contributed by atoms with E-state index in [9.17, 15) is 59.1 Å². The van der Waals surface area contributed by atoms with E-state index in [1.165, 1.54) is 51.5 Å². The van der Waals surface area contributed by atoms with Crippen LogP contribution in [0.5, 0.6) is 11.5 Å². The molecule has 4 fully saturated rings. The zero-order valence-corrected chi connectivity index (χ0v) is 48.6. The summed E-state index contributed by atoms with van der Waals surface area (Å²) in [5, 5.41) is 58.8. The number of ether oxygens (including phenoxy) is 4. The number of fused-ring (bicyclic) bond motifs is 15. The van der Waals surface area contributed by atoms with Gasteiger partial charge in [-0.2, -0.15) is 0 Å². The molecule has 1 saturated carbocycles. The molecule has 10 atom stereocenters. The van der Waals surface area contributed by atoms with E-state index >= 15 is 4.39 Å². The fraction of sp³-hybridized carbons (Fsp3) is 0.474. The fourth-order valence-corrected chi connectivity index (χ4v) is 11.8. The van der Waals surface area contributed by atoms with Crippen LogP contribution >= 0.6 is 11.6 Å². The number of hydrogen-bond donors (Lipinski definition) is 8. The van der Waals surface area contributed by atoms with Crippen LogP contribution in [-0.4, -0.2) is 170 Å². The molecule has 0 radical (unpaired) electrons. The van der Waals surface area contributed by atoms with Gasteiger partial charge in [0.15, 0.2) is 5.78 Å². The average molecular weight is 1180 g/mol. The van der Waals surface area contributed by atoms with Crippen LogP contribution in [0.1, 0.15) is 94.9 Å². The number of phenolic OH excluding ortho intramolecular Hbond substituents is 2. The van der Waals surface area contributed by atoms with Crippen molar-refractivity contribution in [3.05, 3.63) is 103 Å². The molecule has 2 aromatic carbocycles. The monoisotopic (exact) mass is 1180 g/mol. The number of aliphatic hydroxyl groups excluding tert-OH is 2. The number of carbonyl (C=O) groups excluding carboxylic acids is 5. The number of rotatable bonds is 8. The Bertz CT molecular complexity index is 3530. The predicted octanol–water partition coefficient (Wildman–Crippen LogP) is 1.72. The zero-order valence-electron chi connectivity index (χ0n) is 47.4. The van der Waals surface area contributed by atoms with Crippen LogP contribution in [0.4, 0.5) is 15.8 Å². The smallest absolute Gasteiger partial charge is 1.00 e. The molecule has 0 spiro atoms. The Morgan fingerprint density at radius 1 is 0.976 bits per heavy atom. The average Bonchev–Trinajstić information content (AvgIpc) is 1.45. The molecule has 6 heterocycles. The number of aliphatic hydroxyl groups is 2. The van der Waals surface area contributed by atoms with Crippen molar-refractivity contribution in [2.75, 3.05) is 43.1 Å². The van der Waals surface area contributed by atoms with Gasteiger partial charge >= 0.3 is 35.0 Å². The molecule has 23 nitrogen and oxygen atoms in total. The minimum atomic E-state index is -2.24. The Labute approximate surface area is 497 Å². The maximum Gasteiger partial charge on any atom is 2.00 e. The molecular formula is C57H65ClFMgN7O16. The van der Waals surface area contributed by atoms with Crippen molar-refractivity contribution in [3.8, 4) is 11.5 Å². The van der Waals surface area contributed by atoms with E-state index in [0.717, 1.165) is 32.1 Å². The molecule has 83 heavy (non-hydrogen) atoms. The number of aromatic nitrogens is 1. The van der Waals surface area contributed by atoms with Crippen LogP contribution in [0.3, 0.4) is 0 Å². The van der Waals surface area contributed by atoms with Gasteiger partial charge in [-0.1, -0.05) is 55.0 Å². The summed E-state index contributed by atoms with van der Waals surface area (Å²) in [4.78, 5) is 102. The van der Waals surface area contributed by atoms with Gasteiger partial charge in [0.2, 0.25) is 11.3 Å². The van der Waals surface area contributed by atoms with E-state index in [-0.39, 0.29) is 108 Å². The maximum atomic E-state index is 16.0. The molecule has 26 heteroatoms. The van der Waals surface area contributed by atoms with Crippen molar-refractivity contribution in [2.45, 2.75) is 121 Å². The number of hydrogen-bond acceptors (Lipinski definition) is 19. The van der Waals surface area contributed by atoms with Crippen molar-refractivity contribution in [1.82, 2.24) is 9.88 Å². The molecule has 5 aliphatic heterocycles. The van der Waals surface area contributed by atoms with Crippen LogP contribution < -0.4 is 42.6 Å². The molecule has 1 unspecified atom stereocenters. The minimum Gasteiger partial charge on any atom is -1.00 e. The number of halogens is 2. The molecule has 7 aliphatic rings. The summed E-state index contributed by atoms with van der Waals surface area (Å²) in [5.74, 6) is -12.8. The Kier molecular flexibility index (Phi) is 18.4. The number of benzene rings is 2. The number of carboxylic acid groups (broad SMARTS) is 1. The molecule has 10 rings (SSSR count). The molecular weight excluding hydrogens is 1120 g/mol. The number of pyridine rings is 1. The normalized spacial score (nSPS) is 29.4. The van der Waals surface area contributed by atoms with E-state index < -0.39 is 151 Å². The van der Waals surface area contributed by atoms with Crippen molar-refractivity contribution in [3.63, 3.8) is 0 Å². The molecule has 3 saturated heterocycles. The number of esters is 1. The standard InChI is InChI=1S/C57H64ClFN7O16.Mg.H/c1-24-8-7-9-25(2)54(75)63-43-46(64-16-12-28(13-17-64)55(76)62-29-14-18-65(22-29)45-33(59)20-31-44(40(45)58)66(30-10-11-30)23-32(48(31)70)56(77)78)50(72)39-37(49(43)71)34(68)21-36-38(39)53(74)57(5,82-36)80-19-15-35(79-6)26(3)52(81-27(4)67)42(61)51(73)41(60)47(24)69;;/h7-9,15,19-20,23-24,26,28-30,35,41-42,47,51-52,69,71-73H,10-14,16-18,22,60-61H2,1-6H3,(H,62,76)(H,77,78);;/q-1;+2;-1/b8-7+,19-15+,25-9-,63-43?;;/t24-,26+,29?,35-,41+,42+,47-,51+,52+,57-;;/m0../s1. The third-order valence-corrected chi connectivity index (χ3v) is 16.6. The quantitative estimate of drug-likeness (QED) is 0.0689. The number of aromatic carboxylic acids is 1. The van der Waals surface area contributed by atoms with E-state index in [1.54, 1.807) is 28.2 Å². The Morgan fingerprint density at radius 3 is 2.29 bits per heavy atom. The second-order valence-corrected chi connectivity index (χ2v) is 22.2. The molecule has 2 amide bonds. The van der Waals surface area contributed by atoms with Gasteiger partial charge < -0.3 is 81.9 Å². The van der Waals surface area contributed by atoms with Gasteiger partial charge in [0.05, 0.1) is 64.1 Å². The van der Waals surface area contributed by atoms with E-state index in [1.807, 2.05) is 0 Å². The number of nitrogens with two attached hydrogens (primary N) is 2. The van der Waals surface area contributed by atoms with Gasteiger partial charge in [0.25, 0.3) is 11.7 Å². The number of anilines is 2. The van der Waals surface area contributed by atoms with Crippen molar-refractivity contribution in [2.24, 2.45) is 34.2 Å². The number of ketones is 2. The minimum absolute atomic E-state index is 0. The first-order valence-electron chi connectivity index (χ1n) is 26.8. The summed E-state index contributed by atoms with van der Waals surface area (Å²) in [7, 11) is 1.33. The Hall–Kier alpha value is -6.71. The summed E-state index contributed by atoms with van der Waals surface area (Å²) in [5.41, 5.74) is 10.5. The molecule has 3 aromatic rings. The van der Waals surface area contributed by atoms with Crippen LogP contribution in [0.15, 0.2) is 63.9 Å². The third kappa shape index (κ3) is 11.8. The molecule has 10 N–H and O–H groups in total. The second kappa shape index (κ2) is 24.5. The number of aromatic hydroxyl groups is 2. The molecule has 1 aromatic heterocycles. The van der Waals surface area contributed by atoms with Crippen molar-refractivity contribution in [1.29, 1.82) is 0 Å². The first kappa shape index (κ1) is 62.3. The van der Waals surface area contributed by atoms with E-state index in [0.29, 0.717) is 6.42 Å². The number of piperidine rings is 1. The predicted molar refractivity (Wildman–Crippen MR) is 299 cm³/mol. The first-order valence-corrected chi connectivity index (χ1v) is 27.2. The molecule has 2 aliphatic carbocycles. The number of nitrogens with one attached hydrogen (secondary N) is 1. The number of phenols is 2. The third-order valence-electron chi connectivity index (χ3n) is 16.2. The maximum absolute atomic E-state index is 16.0. The summed E-state index contributed by atoms with van der Waals surface area (Å²) in [6.07, 6.45) is 7.12. The van der Waals surface area contributed by atoms with Crippen LogP contribution in [0, 0.1) is 29.6 Å². The van der Waals surface area contributed by atoms with E-state index in [2.05, 4.69) is 16.4 Å². The second-order valence-electron chi connectivity index (χ2n) is 21.8. The van der Waals surface area contributed by atoms with Crippen LogP contribution in [-0.2, 0) is 38.1 Å². The van der Waals surface area contributed by atoms with Gasteiger partial charge in [-0.25, -0.2) is 14.2 Å². The Balaban J connectivity index is 0.00000506. The largest absolute Gasteiger partial charge is 2.00 e. The number of carbonyl (C=O) groups is 6. The first-order chi connectivity index (χ1) is 38.8. The fourth-order valence-electron chi connectivity index (χ4n) is 11.4. The molecule has 5 bridgehead atoms. The number of Topliss-reactive ketones (excluding diaryl/α,β-unsaturated/α-hetero) is 2. The number of allylic oxidation sites excluding steroid dienone is 4. The van der Waals surface area contributed by atoms with Crippen molar-refractivity contribution < 1.29 is 79.1 Å². The summed E-state index contributed by atoms with van der Waals surface area (Å²) in [6, 6.07) is -2.35. The number of carboxylic acids is 1. The summed E-state index contributed by atoms with van der Waals surface area (Å²) >= 11 is 6.90. The van der Waals surface area contributed by atoms with Crippen molar-refractivity contribution >= 4 is 97.8 Å². The summed E-state index contributed by atoms with van der Waals surface area (Å²) in [6.45, 7) is 7.38. The van der Waals surface area contributed by atoms with Gasteiger partial charge in [-0.15, -0.1) is 0 Å². The van der Waals surface area contributed by atoms with Gasteiger partial charge in [0.1, 0.15) is 40.0 Å². The number of methoxy groups -OCH3 is 1. The van der Waals surface area contributed by atoms with Gasteiger partial charge in [-0.3, -0.25) is 24.0 Å².